The number of aryl methyl sites for hydroxylation is 1. The van der Waals surface area contributed by atoms with Crippen molar-refractivity contribution in [3.05, 3.63) is 46.0 Å². The second-order valence-electron chi connectivity index (χ2n) is 7.07. The number of halogens is 1. The molecule has 3 heterocycles. The van der Waals surface area contributed by atoms with Crippen LogP contribution in [-0.2, 0) is 7.05 Å². The van der Waals surface area contributed by atoms with E-state index in [0.717, 1.165) is 32.7 Å². The summed E-state index contributed by atoms with van der Waals surface area (Å²) in [4.78, 5) is 32.6. The van der Waals surface area contributed by atoms with Gasteiger partial charge in [0.05, 0.1) is 16.6 Å². The van der Waals surface area contributed by atoms with E-state index in [1.165, 1.54) is 22.9 Å². The molecule has 0 radical (unpaired) electrons. The highest BCUT2D eigenvalue weighted by Crippen LogP contribution is 2.27. The summed E-state index contributed by atoms with van der Waals surface area (Å²) in [5, 5.41) is 9.86. The zero-order valence-corrected chi connectivity index (χ0v) is 15.8. The third kappa shape index (κ3) is 2.99. The molecule has 3 aromatic rings. The number of piperazine rings is 1. The number of carbonyl (C=O) groups is 1. The third-order valence-corrected chi connectivity index (χ3v) is 5.40. The Morgan fingerprint density at radius 3 is 2.57 bits per heavy atom. The van der Waals surface area contributed by atoms with E-state index in [2.05, 4.69) is 16.8 Å². The van der Waals surface area contributed by atoms with Crippen LogP contribution in [0.3, 0.4) is 0 Å². The van der Waals surface area contributed by atoms with Gasteiger partial charge in [-0.05, 0) is 24.7 Å². The predicted molar refractivity (Wildman–Crippen MR) is 106 cm³/mol. The van der Waals surface area contributed by atoms with Crippen molar-refractivity contribution in [2.75, 3.05) is 37.6 Å². The Balaban J connectivity index is 1.85. The largest absolute Gasteiger partial charge is 0.477 e. The number of nitrogens with zero attached hydrogens (tertiary/aromatic N) is 4. The number of rotatable bonds is 3. The zero-order chi connectivity index (χ0) is 20.0. The Morgan fingerprint density at radius 2 is 1.93 bits per heavy atom. The number of fused-ring (bicyclic) bond motifs is 2. The van der Waals surface area contributed by atoms with Gasteiger partial charge in [-0.3, -0.25) is 4.79 Å². The first-order chi connectivity index (χ1) is 13.4. The second kappa shape index (κ2) is 6.87. The minimum Gasteiger partial charge on any atom is -0.477 e. The van der Waals surface area contributed by atoms with E-state index in [1.54, 1.807) is 13.1 Å². The van der Waals surface area contributed by atoms with Crippen LogP contribution in [-0.4, -0.2) is 58.3 Å². The molecule has 7 nitrogen and oxygen atoms in total. The minimum atomic E-state index is -1.30. The molecule has 4 rings (SSSR count). The number of pyridine rings is 2. The lowest BCUT2D eigenvalue weighted by Gasteiger charge is -2.35. The molecule has 28 heavy (non-hydrogen) atoms. The first kappa shape index (κ1) is 18.4. The fraction of sp³-hybridized carbons (Fsp3) is 0.350. The van der Waals surface area contributed by atoms with Gasteiger partial charge < -0.3 is 19.5 Å². The van der Waals surface area contributed by atoms with Crippen molar-refractivity contribution in [1.82, 2.24) is 14.5 Å². The summed E-state index contributed by atoms with van der Waals surface area (Å²) in [6.07, 6.45) is 1.26. The lowest BCUT2D eigenvalue weighted by molar-refractivity contribution is 0.0695. The highest BCUT2D eigenvalue weighted by molar-refractivity contribution is 5.96. The molecule has 1 fully saturated rings. The van der Waals surface area contributed by atoms with E-state index < -0.39 is 11.4 Å². The van der Waals surface area contributed by atoms with Crippen LogP contribution < -0.4 is 10.3 Å². The summed E-state index contributed by atoms with van der Waals surface area (Å²) >= 11 is 0. The molecule has 0 atom stereocenters. The molecule has 1 saturated heterocycles. The van der Waals surface area contributed by atoms with Crippen LogP contribution in [0.25, 0.3) is 21.9 Å². The highest BCUT2D eigenvalue weighted by Gasteiger charge is 2.20. The fourth-order valence-corrected chi connectivity index (χ4v) is 3.77. The van der Waals surface area contributed by atoms with Crippen LogP contribution in [0.15, 0.2) is 29.2 Å². The lowest BCUT2D eigenvalue weighted by atomic mass is 10.1. The topological polar surface area (TPSA) is 78.7 Å². The van der Waals surface area contributed by atoms with E-state index in [9.17, 15) is 19.1 Å². The number of benzene rings is 1. The molecule has 1 aromatic carbocycles. The average molecular weight is 384 g/mol. The summed E-state index contributed by atoms with van der Waals surface area (Å²) in [6, 6.07) is 4.60. The number of anilines is 1. The molecule has 0 spiro atoms. The van der Waals surface area contributed by atoms with Crippen molar-refractivity contribution >= 4 is 33.6 Å². The Labute approximate surface area is 160 Å². The maximum Gasteiger partial charge on any atom is 0.341 e. The summed E-state index contributed by atoms with van der Waals surface area (Å²) in [5.41, 5.74) is 0.496. The van der Waals surface area contributed by atoms with Gasteiger partial charge in [-0.15, -0.1) is 0 Å². The fourth-order valence-electron chi connectivity index (χ4n) is 3.77. The Hall–Kier alpha value is -3.00. The minimum absolute atomic E-state index is 0.165. The van der Waals surface area contributed by atoms with E-state index >= 15 is 0 Å². The van der Waals surface area contributed by atoms with Crippen molar-refractivity contribution in [2.24, 2.45) is 7.05 Å². The molecule has 0 amide bonds. The summed E-state index contributed by atoms with van der Waals surface area (Å²) in [7, 11) is 1.64. The SMILES string of the molecule is CCN1CCN(c2cc3nc4c(cc3cc2F)c(=O)c(C(=O)O)cn4C)CC1. The van der Waals surface area contributed by atoms with Gasteiger partial charge in [0.15, 0.2) is 0 Å². The predicted octanol–water partition coefficient (Wildman–Crippen LogP) is 2.07. The average Bonchev–Trinajstić information content (AvgIpc) is 2.69. The maximum atomic E-state index is 14.8. The van der Waals surface area contributed by atoms with Gasteiger partial charge in [0.2, 0.25) is 5.43 Å². The van der Waals surface area contributed by atoms with Gasteiger partial charge in [0, 0.05) is 44.8 Å². The summed E-state index contributed by atoms with van der Waals surface area (Å²) in [6.45, 7) is 6.33. The molecule has 0 aliphatic carbocycles. The molecule has 146 valence electrons. The molecular weight excluding hydrogens is 363 g/mol. The van der Waals surface area contributed by atoms with Gasteiger partial charge in [-0.1, -0.05) is 6.92 Å². The van der Waals surface area contributed by atoms with Gasteiger partial charge in [-0.25, -0.2) is 14.2 Å². The van der Waals surface area contributed by atoms with Crippen LogP contribution >= 0.6 is 0 Å². The number of hydrogen-bond donors (Lipinski definition) is 1. The number of hydrogen-bond acceptors (Lipinski definition) is 5. The molecule has 0 saturated carbocycles. The first-order valence-electron chi connectivity index (χ1n) is 9.23. The number of carboxylic acids is 1. The Morgan fingerprint density at radius 1 is 1.21 bits per heavy atom. The smallest absolute Gasteiger partial charge is 0.341 e. The first-order valence-corrected chi connectivity index (χ1v) is 9.23. The van der Waals surface area contributed by atoms with E-state index in [1.807, 2.05) is 4.90 Å². The molecule has 1 aliphatic heterocycles. The van der Waals surface area contributed by atoms with Crippen molar-refractivity contribution in [2.45, 2.75) is 6.92 Å². The monoisotopic (exact) mass is 384 g/mol. The summed E-state index contributed by atoms with van der Waals surface area (Å²) in [5.74, 6) is -1.67. The zero-order valence-electron chi connectivity index (χ0n) is 15.8. The normalized spacial score (nSPS) is 15.5. The molecule has 1 N–H and O–H groups in total. The molecule has 0 bridgehead atoms. The van der Waals surface area contributed by atoms with Gasteiger partial charge in [-0.2, -0.15) is 0 Å². The van der Waals surface area contributed by atoms with Crippen molar-refractivity contribution < 1.29 is 14.3 Å². The van der Waals surface area contributed by atoms with E-state index in [4.69, 9.17) is 0 Å². The van der Waals surface area contributed by atoms with Crippen LogP contribution in [0, 0.1) is 5.82 Å². The molecule has 2 aromatic heterocycles. The van der Waals surface area contributed by atoms with E-state index in [-0.39, 0.29) is 16.8 Å². The number of aromatic carboxylic acids is 1. The molecule has 8 heteroatoms. The van der Waals surface area contributed by atoms with Crippen LogP contribution in [0.1, 0.15) is 17.3 Å². The van der Waals surface area contributed by atoms with Crippen molar-refractivity contribution in [1.29, 1.82) is 0 Å². The Kier molecular flexibility index (Phi) is 4.50. The third-order valence-electron chi connectivity index (χ3n) is 5.40. The van der Waals surface area contributed by atoms with Crippen molar-refractivity contribution in [3.8, 4) is 0 Å². The highest BCUT2D eigenvalue weighted by atomic mass is 19.1. The maximum absolute atomic E-state index is 14.8. The lowest BCUT2D eigenvalue weighted by Crippen LogP contribution is -2.46. The van der Waals surface area contributed by atoms with Crippen LogP contribution in [0.4, 0.5) is 10.1 Å². The standard InChI is InChI=1S/C20H21FN4O3/c1-3-24-4-6-25(7-5-24)17-10-16-12(9-15(17)21)8-13-18(26)14(20(27)28)11-23(2)19(13)22-16/h8-11H,3-7H2,1-2H3,(H,27,28). The molecular formula is C20H21FN4O3. The second-order valence-corrected chi connectivity index (χ2v) is 7.07. The Bertz CT molecular complexity index is 1150. The van der Waals surface area contributed by atoms with Crippen LogP contribution in [0.5, 0.6) is 0 Å². The van der Waals surface area contributed by atoms with Gasteiger partial charge >= 0.3 is 5.97 Å². The quantitative estimate of drug-likeness (QED) is 0.697. The van der Waals surface area contributed by atoms with Gasteiger partial charge in [0.25, 0.3) is 0 Å². The van der Waals surface area contributed by atoms with E-state index in [0.29, 0.717) is 22.2 Å². The number of carboxylic acid groups (broad SMARTS) is 1. The van der Waals surface area contributed by atoms with Crippen molar-refractivity contribution in [3.63, 3.8) is 0 Å². The molecule has 0 unspecified atom stereocenters. The van der Waals surface area contributed by atoms with Crippen LogP contribution in [0.2, 0.25) is 0 Å². The summed E-state index contributed by atoms with van der Waals surface area (Å²) < 4.78 is 16.3. The van der Waals surface area contributed by atoms with Gasteiger partial charge in [0.1, 0.15) is 17.0 Å². The number of aromatic nitrogens is 2. The molecule has 1 aliphatic rings. The number of likely N-dealkylation sites (N-methyl/N-ethyl adjacent to an activating group) is 1.